The van der Waals surface area contributed by atoms with Crippen LogP contribution in [0.4, 0.5) is 5.69 Å². The lowest BCUT2D eigenvalue weighted by Crippen LogP contribution is -2.42. The van der Waals surface area contributed by atoms with Crippen molar-refractivity contribution in [3.63, 3.8) is 0 Å². The maximum atomic E-state index is 12.3. The summed E-state index contributed by atoms with van der Waals surface area (Å²) in [5.41, 5.74) is -0.205. The zero-order valence-corrected chi connectivity index (χ0v) is 13.2. The van der Waals surface area contributed by atoms with E-state index < -0.39 is 5.60 Å². The van der Waals surface area contributed by atoms with E-state index in [1.807, 2.05) is 13.8 Å². The second kappa shape index (κ2) is 7.50. The van der Waals surface area contributed by atoms with Crippen molar-refractivity contribution < 1.29 is 14.3 Å². The Balaban J connectivity index is 2.80. The third-order valence-electron chi connectivity index (χ3n) is 3.19. The van der Waals surface area contributed by atoms with Gasteiger partial charge in [0.25, 0.3) is 5.91 Å². The average Bonchev–Trinajstić information content (AvgIpc) is 2.44. The van der Waals surface area contributed by atoms with Crippen molar-refractivity contribution in [2.24, 2.45) is 0 Å². The van der Waals surface area contributed by atoms with Crippen LogP contribution >= 0.6 is 11.6 Å². The van der Waals surface area contributed by atoms with E-state index in [2.05, 4.69) is 5.32 Å². The topological polar surface area (TPSA) is 47.6 Å². The van der Waals surface area contributed by atoms with E-state index in [0.717, 1.165) is 6.42 Å². The van der Waals surface area contributed by atoms with E-state index in [1.54, 1.807) is 32.2 Å². The van der Waals surface area contributed by atoms with Crippen LogP contribution in [0.2, 0.25) is 5.02 Å². The van der Waals surface area contributed by atoms with Crippen LogP contribution in [-0.2, 0) is 9.53 Å². The van der Waals surface area contributed by atoms with Crippen LogP contribution in [-0.4, -0.2) is 25.2 Å². The first kappa shape index (κ1) is 16.8. The molecule has 1 N–H and O–H groups in total. The van der Waals surface area contributed by atoms with Gasteiger partial charge < -0.3 is 14.8 Å². The van der Waals surface area contributed by atoms with Crippen molar-refractivity contribution in [3.05, 3.63) is 23.2 Å². The zero-order valence-electron chi connectivity index (χ0n) is 12.5. The van der Waals surface area contributed by atoms with Crippen LogP contribution in [0.5, 0.6) is 5.75 Å². The van der Waals surface area contributed by atoms with Crippen LogP contribution in [0, 0.1) is 0 Å². The highest BCUT2D eigenvalue weighted by atomic mass is 35.5. The summed E-state index contributed by atoms with van der Waals surface area (Å²) in [5.74, 6) is 0.403. The van der Waals surface area contributed by atoms with E-state index in [-0.39, 0.29) is 5.91 Å². The first-order valence-electron chi connectivity index (χ1n) is 6.75. The fraction of sp³-hybridized carbons (Fsp3) is 0.533. The Kier molecular flexibility index (Phi) is 6.30. The van der Waals surface area contributed by atoms with Crippen LogP contribution in [0.1, 0.15) is 33.6 Å². The molecule has 112 valence electrons. The highest BCUT2D eigenvalue weighted by molar-refractivity contribution is 6.32. The van der Waals surface area contributed by atoms with Gasteiger partial charge in [-0.1, -0.05) is 25.4 Å². The van der Waals surface area contributed by atoms with Crippen LogP contribution in [0.25, 0.3) is 0 Å². The second-order valence-electron chi connectivity index (χ2n) is 4.74. The Bertz CT molecular complexity index is 464. The SMILES string of the molecule is CCCO[C@@](C)(CC)C(=O)Nc1ccc(OC)c(Cl)c1. The van der Waals surface area contributed by atoms with Gasteiger partial charge >= 0.3 is 0 Å². The molecule has 4 nitrogen and oxygen atoms in total. The fourth-order valence-corrected chi connectivity index (χ4v) is 1.92. The van der Waals surface area contributed by atoms with Crippen LogP contribution in [0.3, 0.4) is 0 Å². The van der Waals surface area contributed by atoms with Crippen molar-refractivity contribution in [2.45, 2.75) is 39.2 Å². The second-order valence-corrected chi connectivity index (χ2v) is 5.14. The molecule has 0 radical (unpaired) electrons. The molecule has 0 aliphatic carbocycles. The molecule has 0 fully saturated rings. The summed E-state index contributed by atoms with van der Waals surface area (Å²) in [4.78, 5) is 12.3. The van der Waals surface area contributed by atoms with Crippen molar-refractivity contribution in [1.82, 2.24) is 0 Å². The summed E-state index contributed by atoms with van der Waals surface area (Å²) in [7, 11) is 1.55. The maximum Gasteiger partial charge on any atom is 0.256 e. The predicted molar refractivity (Wildman–Crippen MR) is 81.6 cm³/mol. The Morgan fingerprint density at radius 2 is 2.10 bits per heavy atom. The Hall–Kier alpha value is -1.26. The minimum Gasteiger partial charge on any atom is -0.495 e. The van der Waals surface area contributed by atoms with Gasteiger partial charge in [0.15, 0.2) is 0 Å². The molecule has 1 rings (SSSR count). The summed E-state index contributed by atoms with van der Waals surface area (Å²) in [6.07, 6.45) is 1.47. The molecule has 0 aliphatic rings. The molecular weight excluding hydrogens is 278 g/mol. The third-order valence-corrected chi connectivity index (χ3v) is 3.48. The predicted octanol–water partition coefficient (Wildman–Crippen LogP) is 3.88. The van der Waals surface area contributed by atoms with Crippen LogP contribution in [0.15, 0.2) is 18.2 Å². The molecule has 0 spiro atoms. The summed E-state index contributed by atoms with van der Waals surface area (Å²) >= 11 is 6.04. The normalized spacial score (nSPS) is 13.7. The number of halogens is 1. The van der Waals surface area contributed by atoms with Crippen molar-refractivity contribution in [3.8, 4) is 5.75 Å². The van der Waals surface area contributed by atoms with Crippen molar-refractivity contribution in [2.75, 3.05) is 19.0 Å². The minimum atomic E-state index is -0.831. The van der Waals surface area contributed by atoms with E-state index in [0.29, 0.717) is 29.5 Å². The van der Waals surface area contributed by atoms with Gasteiger partial charge in [-0.25, -0.2) is 0 Å². The largest absolute Gasteiger partial charge is 0.495 e. The van der Waals surface area contributed by atoms with E-state index >= 15 is 0 Å². The lowest BCUT2D eigenvalue weighted by atomic mass is 10.0. The highest BCUT2D eigenvalue weighted by Crippen LogP contribution is 2.28. The Labute approximate surface area is 125 Å². The average molecular weight is 300 g/mol. The summed E-state index contributed by atoms with van der Waals surface area (Å²) in [6, 6.07) is 5.13. The number of amides is 1. The number of rotatable bonds is 7. The van der Waals surface area contributed by atoms with E-state index in [4.69, 9.17) is 21.1 Å². The molecule has 0 saturated carbocycles. The number of methoxy groups -OCH3 is 1. The molecule has 0 saturated heterocycles. The van der Waals surface area contributed by atoms with Gasteiger partial charge in [-0.2, -0.15) is 0 Å². The summed E-state index contributed by atoms with van der Waals surface area (Å²) in [6.45, 7) is 6.29. The molecule has 0 unspecified atom stereocenters. The number of anilines is 1. The fourth-order valence-electron chi connectivity index (χ4n) is 1.66. The standard InChI is InChI=1S/C15H22ClNO3/c1-5-9-20-15(3,6-2)14(18)17-11-7-8-13(19-4)12(16)10-11/h7-8,10H,5-6,9H2,1-4H3,(H,17,18)/t15-/m0/s1. The van der Waals surface area contributed by atoms with Gasteiger partial charge in [-0.3, -0.25) is 4.79 Å². The zero-order chi connectivity index (χ0) is 15.2. The van der Waals surface area contributed by atoms with Gasteiger partial charge in [0.2, 0.25) is 0 Å². The molecule has 1 aromatic rings. The summed E-state index contributed by atoms with van der Waals surface area (Å²) < 4.78 is 10.7. The number of benzene rings is 1. The minimum absolute atomic E-state index is 0.172. The van der Waals surface area contributed by atoms with Crippen molar-refractivity contribution in [1.29, 1.82) is 0 Å². The smallest absolute Gasteiger partial charge is 0.256 e. The Morgan fingerprint density at radius 1 is 1.40 bits per heavy atom. The van der Waals surface area contributed by atoms with Crippen molar-refractivity contribution >= 4 is 23.2 Å². The first-order chi connectivity index (χ1) is 9.46. The first-order valence-corrected chi connectivity index (χ1v) is 7.13. The molecule has 5 heteroatoms. The van der Waals surface area contributed by atoms with Gasteiger partial charge in [-0.15, -0.1) is 0 Å². The monoisotopic (exact) mass is 299 g/mol. The molecule has 1 amide bonds. The molecule has 1 atom stereocenters. The number of carbonyl (C=O) groups is 1. The number of hydrogen-bond acceptors (Lipinski definition) is 3. The van der Waals surface area contributed by atoms with Crippen LogP contribution < -0.4 is 10.1 Å². The molecule has 1 aromatic carbocycles. The van der Waals surface area contributed by atoms with Gasteiger partial charge in [0.05, 0.1) is 12.1 Å². The van der Waals surface area contributed by atoms with Gasteiger partial charge in [0.1, 0.15) is 11.4 Å². The third kappa shape index (κ3) is 4.12. The summed E-state index contributed by atoms with van der Waals surface area (Å²) in [5, 5.41) is 3.29. The maximum absolute atomic E-state index is 12.3. The van der Waals surface area contributed by atoms with E-state index in [1.165, 1.54) is 0 Å². The number of nitrogens with one attached hydrogen (secondary N) is 1. The number of ether oxygens (including phenoxy) is 2. The molecule has 0 heterocycles. The number of hydrogen-bond donors (Lipinski definition) is 1. The Morgan fingerprint density at radius 3 is 2.60 bits per heavy atom. The lowest BCUT2D eigenvalue weighted by Gasteiger charge is -2.27. The number of carbonyl (C=O) groups excluding carboxylic acids is 1. The molecule has 0 aromatic heterocycles. The molecular formula is C15H22ClNO3. The molecule has 20 heavy (non-hydrogen) atoms. The highest BCUT2D eigenvalue weighted by Gasteiger charge is 2.32. The molecule has 0 aliphatic heterocycles. The molecule has 0 bridgehead atoms. The van der Waals surface area contributed by atoms with Gasteiger partial charge in [0, 0.05) is 12.3 Å². The van der Waals surface area contributed by atoms with Gasteiger partial charge in [-0.05, 0) is 38.0 Å². The lowest BCUT2D eigenvalue weighted by molar-refractivity contribution is -0.139. The van der Waals surface area contributed by atoms with E-state index in [9.17, 15) is 4.79 Å². The quantitative estimate of drug-likeness (QED) is 0.831.